The van der Waals surface area contributed by atoms with Crippen molar-refractivity contribution in [2.75, 3.05) is 19.6 Å². The monoisotopic (exact) mass is 182 g/mol. The SMILES string of the molecule is C=CC(C)N1CCC(NCCC)C1. The summed E-state index contributed by atoms with van der Waals surface area (Å²) in [6.45, 7) is 11.8. The Morgan fingerprint density at radius 2 is 2.46 bits per heavy atom. The highest BCUT2D eigenvalue weighted by Gasteiger charge is 2.23. The molecule has 1 rings (SSSR count). The molecule has 1 aliphatic rings. The Morgan fingerprint density at radius 1 is 1.69 bits per heavy atom. The number of rotatable bonds is 5. The van der Waals surface area contributed by atoms with Crippen LogP contribution in [0.1, 0.15) is 26.7 Å². The van der Waals surface area contributed by atoms with E-state index in [9.17, 15) is 0 Å². The van der Waals surface area contributed by atoms with Gasteiger partial charge in [0.25, 0.3) is 0 Å². The Bertz CT molecular complexity index is 156. The van der Waals surface area contributed by atoms with Crippen molar-refractivity contribution in [3.8, 4) is 0 Å². The van der Waals surface area contributed by atoms with Crippen molar-refractivity contribution in [2.45, 2.75) is 38.8 Å². The van der Waals surface area contributed by atoms with Gasteiger partial charge in [-0.2, -0.15) is 0 Å². The molecule has 0 aromatic heterocycles. The van der Waals surface area contributed by atoms with E-state index in [0.717, 1.165) is 6.54 Å². The van der Waals surface area contributed by atoms with Crippen molar-refractivity contribution < 1.29 is 0 Å². The fraction of sp³-hybridized carbons (Fsp3) is 0.818. The zero-order chi connectivity index (χ0) is 9.68. The van der Waals surface area contributed by atoms with Gasteiger partial charge in [-0.05, 0) is 26.3 Å². The lowest BCUT2D eigenvalue weighted by molar-refractivity contribution is 0.291. The third-order valence-electron chi connectivity index (χ3n) is 2.82. The van der Waals surface area contributed by atoms with E-state index in [2.05, 4.69) is 30.6 Å². The summed E-state index contributed by atoms with van der Waals surface area (Å²) in [5, 5.41) is 3.56. The standard InChI is InChI=1S/C11H22N2/c1-4-7-12-11-6-8-13(9-11)10(3)5-2/h5,10-12H,2,4,6-9H2,1,3H3. The van der Waals surface area contributed by atoms with Crippen LogP contribution in [0.25, 0.3) is 0 Å². The van der Waals surface area contributed by atoms with Crippen LogP contribution in [0.5, 0.6) is 0 Å². The Kier molecular flexibility index (Phi) is 4.46. The molecular weight excluding hydrogens is 160 g/mol. The smallest absolute Gasteiger partial charge is 0.0247 e. The third kappa shape index (κ3) is 3.12. The maximum atomic E-state index is 3.83. The van der Waals surface area contributed by atoms with Gasteiger partial charge >= 0.3 is 0 Å². The van der Waals surface area contributed by atoms with E-state index in [1.807, 2.05) is 6.08 Å². The van der Waals surface area contributed by atoms with Crippen LogP contribution in [0.2, 0.25) is 0 Å². The highest BCUT2D eigenvalue weighted by Crippen LogP contribution is 2.12. The molecule has 0 aromatic carbocycles. The third-order valence-corrected chi connectivity index (χ3v) is 2.82. The molecule has 0 saturated carbocycles. The molecule has 2 atom stereocenters. The minimum Gasteiger partial charge on any atom is -0.313 e. The Balaban J connectivity index is 2.23. The summed E-state index contributed by atoms with van der Waals surface area (Å²) in [7, 11) is 0. The van der Waals surface area contributed by atoms with Crippen LogP contribution in [0.4, 0.5) is 0 Å². The van der Waals surface area contributed by atoms with Crippen molar-refractivity contribution in [3.63, 3.8) is 0 Å². The minimum atomic E-state index is 0.536. The van der Waals surface area contributed by atoms with E-state index in [-0.39, 0.29) is 0 Å². The second-order valence-electron chi connectivity index (χ2n) is 3.91. The first kappa shape index (κ1) is 10.7. The van der Waals surface area contributed by atoms with Crippen molar-refractivity contribution in [1.29, 1.82) is 0 Å². The maximum Gasteiger partial charge on any atom is 0.0247 e. The molecule has 0 aromatic rings. The van der Waals surface area contributed by atoms with E-state index < -0.39 is 0 Å². The molecule has 0 aliphatic carbocycles. The molecule has 1 aliphatic heterocycles. The molecule has 1 saturated heterocycles. The molecule has 2 nitrogen and oxygen atoms in total. The number of likely N-dealkylation sites (tertiary alicyclic amines) is 1. The van der Waals surface area contributed by atoms with E-state index in [1.54, 1.807) is 0 Å². The van der Waals surface area contributed by atoms with Gasteiger partial charge in [0.2, 0.25) is 0 Å². The Hall–Kier alpha value is -0.340. The Morgan fingerprint density at radius 3 is 3.08 bits per heavy atom. The van der Waals surface area contributed by atoms with Gasteiger partial charge in [-0.1, -0.05) is 13.0 Å². The largest absolute Gasteiger partial charge is 0.313 e. The first-order valence-electron chi connectivity index (χ1n) is 5.38. The lowest BCUT2D eigenvalue weighted by atomic mass is 10.2. The van der Waals surface area contributed by atoms with Crippen LogP contribution in [0.15, 0.2) is 12.7 Å². The summed E-state index contributed by atoms with van der Waals surface area (Å²) in [6, 6.07) is 1.25. The second-order valence-corrected chi connectivity index (χ2v) is 3.91. The summed E-state index contributed by atoms with van der Waals surface area (Å²) < 4.78 is 0. The summed E-state index contributed by atoms with van der Waals surface area (Å²) in [4.78, 5) is 2.49. The van der Waals surface area contributed by atoms with Crippen LogP contribution >= 0.6 is 0 Å². The fourth-order valence-corrected chi connectivity index (χ4v) is 1.82. The lowest BCUT2D eigenvalue weighted by Gasteiger charge is -2.21. The van der Waals surface area contributed by atoms with Gasteiger partial charge in [-0.15, -0.1) is 6.58 Å². The van der Waals surface area contributed by atoms with Gasteiger partial charge < -0.3 is 5.32 Å². The van der Waals surface area contributed by atoms with Crippen molar-refractivity contribution in [1.82, 2.24) is 10.2 Å². The molecule has 13 heavy (non-hydrogen) atoms. The van der Waals surface area contributed by atoms with Gasteiger partial charge in [0, 0.05) is 25.2 Å². The highest BCUT2D eigenvalue weighted by molar-refractivity contribution is 4.90. The molecular formula is C11H22N2. The molecule has 1 fully saturated rings. The van der Waals surface area contributed by atoms with Crippen LogP contribution < -0.4 is 5.32 Å². The summed E-state index contributed by atoms with van der Waals surface area (Å²) in [6.07, 6.45) is 4.55. The van der Waals surface area contributed by atoms with Crippen molar-refractivity contribution >= 4 is 0 Å². The first-order chi connectivity index (χ1) is 6.27. The average molecular weight is 182 g/mol. The van der Waals surface area contributed by atoms with E-state index >= 15 is 0 Å². The molecule has 0 amide bonds. The van der Waals surface area contributed by atoms with E-state index in [0.29, 0.717) is 12.1 Å². The number of hydrogen-bond acceptors (Lipinski definition) is 2. The number of hydrogen-bond donors (Lipinski definition) is 1. The predicted octanol–water partition coefficient (Wildman–Crippen LogP) is 1.63. The highest BCUT2D eigenvalue weighted by atomic mass is 15.2. The van der Waals surface area contributed by atoms with E-state index in [1.165, 1.54) is 25.9 Å². The predicted molar refractivity (Wildman–Crippen MR) is 57.9 cm³/mol. The molecule has 0 spiro atoms. The Labute approximate surface area is 82.0 Å². The molecule has 76 valence electrons. The lowest BCUT2D eigenvalue weighted by Crippen LogP contribution is -2.35. The first-order valence-corrected chi connectivity index (χ1v) is 5.38. The van der Waals surface area contributed by atoms with E-state index in [4.69, 9.17) is 0 Å². The summed E-state index contributed by atoms with van der Waals surface area (Å²) in [5.41, 5.74) is 0. The van der Waals surface area contributed by atoms with Gasteiger partial charge in [0.15, 0.2) is 0 Å². The molecule has 1 heterocycles. The topological polar surface area (TPSA) is 15.3 Å². The summed E-state index contributed by atoms with van der Waals surface area (Å²) in [5.74, 6) is 0. The summed E-state index contributed by atoms with van der Waals surface area (Å²) >= 11 is 0. The fourth-order valence-electron chi connectivity index (χ4n) is 1.82. The maximum absolute atomic E-state index is 3.83. The molecule has 2 unspecified atom stereocenters. The molecule has 0 radical (unpaired) electrons. The number of nitrogens with zero attached hydrogens (tertiary/aromatic N) is 1. The van der Waals surface area contributed by atoms with Gasteiger partial charge in [-0.25, -0.2) is 0 Å². The van der Waals surface area contributed by atoms with Crippen LogP contribution in [-0.2, 0) is 0 Å². The van der Waals surface area contributed by atoms with Crippen LogP contribution in [0, 0.1) is 0 Å². The van der Waals surface area contributed by atoms with Crippen LogP contribution in [0.3, 0.4) is 0 Å². The second kappa shape index (κ2) is 5.40. The van der Waals surface area contributed by atoms with Crippen molar-refractivity contribution in [2.24, 2.45) is 0 Å². The quantitative estimate of drug-likeness (QED) is 0.650. The minimum absolute atomic E-state index is 0.536. The zero-order valence-electron chi connectivity index (χ0n) is 8.92. The van der Waals surface area contributed by atoms with Gasteiger partial charge in [0.1, 0.15) is 0 Å². The zero-order valence-corrected chi connectivity index (χ0v) is 8.92. The van der Waals surface area contributed by atoms with Crippen LogP contribution in [-0.4, -0.2) is 36.6 Å². The van der Waals surface area contributed by atoms with Gasteiger partial charge in [-0.3, -0.25) is 4.90 Å². The average Bonchev–Trinajstić information content (AvgIpc) is 2.62. The van der Waals surface area contributed by atoms with Gasteiger partial charge in [0.05, 0.1) is 0 Å². The molecule has 2 heteroatoms. The number of nitrogens with one attached hydrogen (secondary N) is 1. The molecule has 1 N–H and O–H groups in total. The van der Waals surface area contributed by atoms with Crippen molar-refractivity contribution in [3.05, 3.63) is 12.7 Å². The normalized spacial score (nSPS) is 26.2. The molecule has 0 bridgehead atoms.